The molecule has 180 valence electrons. The molecule has 3 aromatic rings. The zero-order chi connectivity index (χ0) is 24.7. The van der Waals surface area contributed by atoms with Gasteiger partial charge in [0.15, 0.2) is 0 Å². The minimum absolute atomic E-state index is 0.0930. The molecule has 0 spiro atoms. The van der Waals surface area contributed by atoms with E-state index in [1.54, 1.807) is 32.9 Å². The maximum absolute atomic E-state index is 12.9. The Morgan fingerprint density at radius 1 is 1.09 bits per heavy atom. The van der Waals surface area contributed by atoms with Crippen molar-refractivity contribution in [2.24, 2.45) is 5.92 Å². The first-order chi connectivity index (χ1) is 16.3. The molecule has 0 bridgehead atoms. The van der Waals surface area contributed by atoms with Crippen LogP contribution >= 0.6 is 0 Å². The largest absolute Gasteiger partial charge is 0.445 e. The topological polar surface area (TPSA) is 94.8 Å². The highest BCUT2D eigenvalue weighted by atomic mass is 16.6. The molecule has 0 aliphatic carbocycles. The van der Waals surface area contributed by atoms with Gasteiger partial charge in [0.25, 0.3) is 0 Å². The van der Waals surface area contributed by atoms with Crippen LogP contribution in [0, 0.1) is 12.8 Å². The maximum atomic E-state index is 12.9. The van der Waals surface area contributed by atoms with Crippen LogP contribution in [0.4, 0.5) is 4.79 Å². The van der Waals surface area contributed by atoms with Crippen molar-refractivity contribution in [1.29, 1.82) is 0 Å². The van der Waals surface area contributed by atoms with E-state index in [0.717, 1.165) is 35.8 Å². The number of carbonyl (C=O) groups excluding carboxylic acids is 2. The lowest BCUT2D eigenvalue weighted by Gasteiger charge is -2.21. The molecule has 34 heavy (non-hydrogen) atoms. The van der Waals surface area contributed by atoms with Crippen molar-refractivity contribution in [3.05, 3.63) is 75.6 Å². The van der Waals surface area contributed by atoms with Crippen LogP contribution in [-0.4, -0.2) is 18.1 Å². The van der Waals surface area contributed by atoms with Gasteiger partial charge in [-0.1, -0.05) is 57.5 Å². The molecule has 1 N–H and O–H groups in total. The van der Waals surface area contributed by atoms with Crippen molar-refractivity contribution in [3.8, 4) is 5.75 Å². The molecule has 1 heterocycles. The van der Waals surface area contributed by atoms with Crippen LogP contribution < -0.4 is 15.7 Å². The van der Waals surface area contributed by atoms with Crippen molar-refractivity contribution in [1.82, 2.24) is 5.32 Å². The fourth-order valence-electron chi connectivity index (χ4n) is 3.65. The molecule has 0 saturated heterocycles. The summed E-state index contributed by atoms with van der Waals surface area (Å²) in [4.78, 5) is 37.3. The van der Waals surface area contributed by atoms with Gasteiger partial charge in [-0.05, 0) is 48.9 Å². The van der Waals surface area contributed by atoms with E-state index in [2.05, 4.69) is 12.2 Å². The zero-order valence-corrected chi connectivity index (χ0v) is 20.1. The molecule has 0 fully saturated rings. The average Bonchev–Trinajstić information content (AvgIpc) is 2.82. The van der Waals surface area contributed by atoms with E-state index in [1.807, 2.05) is 30.3 Å². The minimum Gasteiger partial charge on any atom is -0.445 e. The number of hydrogen-bond acceptors (Lipinski definition) is 6. The summed E-state index contributed by atoms with van der Waals surface area (Å²) >= 11 is 0. The van der Waals surface area contributed by atoms with Gasteiger partial charge in [0, 0.05) is 17.0 Å². The quantitative estimate of drug-likeness (QED) is 0.262. The van der Waals surface area contributed by atoms with Gasteiger partial charge in [-0.2, -0.15) is 0 Å². The van der Waals surface area contributed by atoms with Gasteiger partial charge in [0.05, 0.1) is 0 Å². The third-order valence-corrected chi connectivity index (χ3v) is 5.61. The summed E-state index contributed by atoms with van der Waals surface area (Å²) in [5.74, 6) is -0.590. The second-order valence-corrected chi connectivity index (χ2v) is 8.61. The number of hydrogen-bond donors (Lipinski definition) is 1. The highest BCUT2D eigenvalue weighted by Crippen LogP contribution is 2.29. The molecule has 1 atom stereocenters. The van der Waals surface area contributed by atoms with Crippen molar-refractivity contribution < 1.29 is 23.5 Å². The molecule has 0 aliphatic rings. The van der Waals surface area contributed by atoms with E-state index < -0.39 is 23.7 Å². The predicted octanol–water partition coefficient (Wildman–Crippen LogP) is 5.30. The van der Waals surface area contributed by atoms with E-state index in [0.29, 0.717) is 11.1 Å². The normalized spacial score (nSPS) is 11.9. The average molecular weight is 466 g/mol. The molecule has 1 amide bonds. The number of amides is 1. The standard InChI is InChI=1S/C27H31NO6/c1-5-6-12-20-15-23(29)34-25-18(4)22(14-13-21(20)25)33-26(30)24(17(2)3)28-27(31)32-16-19-10-8-7-9-11-19/h7-11,13-15,17,24H,5-6,12,16H2,1-4H3,(H,28,31). The summed E-state index contributed by atoms with van der Waals surface area (Å²) in [6, 6.07) is 13.4. The Hall–Kier alpha value is -3.61. The predicted molar refractivity (Wildman–Crippen MR) is 130 cm³/mol. The summed E-state index contributed by atoms with van der Waals surface area (Å²) < 4.78 is 16.3. The fraction of sp³-hybridized carbons (Fsp3) is 0.370. The van der Waals surface area contributed by atoms with Crippen molar-refractivity contribution in [2.45, 2.75) is 59.6 Å². The van der Waals surface area contributed by atoms with Gasteiger partial charge >= 0.3 is 17.7 Å². The van der Waals surface area contributed by atoms with Gasteiger partial charge in [0.1, 0.15) is 24.0 Å². The highest BCUT2D eigenvalue weighted by molar-refractivity contribution is 5.88. The lowest BCUT2D eigenvalue weighted by atomic mass is 10.0. The zero-order valence-electron chi connectivity index (χ0n) is 20.1. The molecule has 1 aromatic heterocycles. The Morgan fingerprint density at radius 3 is 2.50 bits per heavy atom. The van der Waals surface area contributed by atoms with Gasteiger partial charge in [0.2, 0.25) is 0 Å². The van der Waals surface area contributed by atoms with Crippen LogP contribution in [0.15, 0.2) is 57.7 Å². The van der Waals surface area contributed by atoms with Crippen LogP contribution in [0.5, 0.6) is 5.75 Å². The molecule has 0 aliphatic heterocycles. The second-order valence-electron chi connectivity index (χ2n) is 8.61. The summed E-state index contributed by atoms with van der Waals surface area (Å²) in [5, 5.41) is 3.42. The Balaban J connectivity index is 1.75. The molecule has 7 heteroatoms. The first-order valence-corrected chi connectivity index (χ1v) is 11.5. The lowest BCUT2D eigenvalue weighted by molar-refractivity contribution is -0.137. The van der Waals surface area contributed by atoms with E-state index in [9.17, 15) is 14.4 Å². The monoisotopic (exact) mass is 465 g/mol. The smallest absolute Gasteiger partial charge is 0.408 e. The SMILES string of the molecule is CCCCc1cc(=O)oc2c(C)c(OC(=O)C(NC(=O)OCc3ccccc3)C(C)C)ccc12. The number of aryl methyl sites for hydroxylation is 2. The van der Waals surface area contributed by atoms with Crippen molar-refractivity contribution in [3.63, 3.8) is 0 Å². The van der Waals surface area contributed by atoms with E-state index in [1.165, 1.54) is 6.07 Å². The number of carbonyl (C=O) groups is 2. The molecule has 1 unspecified atom stereocenters. The lowest BCUT2D eigenvalue weighted by Crippen LogP contribution is -2.46. The molecule has 0 saturated carbocycles. The molecule has 3 rings (SSSR count). The van der Waals surface area contributed by atoms with Crippen LogP contribution in [0.25, 0.3) is 11.0 Å². The van der Waals surface area contributed by atoms with Crippen LogP contribution in [0.3, 0.4) is 0 Å². The number of ether oxygens (including phenoxy) is 2. The Kier molecular flexibility index (Phi) is 8.46. The fourth-order valence-corrected chi connectivity index (χ4v) is 3.65. The molecular formula is C27H31NO6. The minimum atomic E-state index is -0.915. The maximum Gasteiger partial charge on any atom is 0.408 e. The van der Waals surface area contributed by atoms with E-state index >= 15 is 0 Å². The summed E-state index contributed by atoms with van der Waals surface area (Å²) in [5.41, 5.74) is 2.27. The Bertz CT molecular complexity index is 1200. The van der Waals surface area contributed by atoms with Crippen LogP contribution in [0.1, 0.15) is 50.3 Å². The third kappa shape index (κ3) is 6.25. The van der Waals surface area contributed by atoms with Crippen LogP contribution in [0.2, 0.25) is 0 Å². The Labute approximate surface area is 199 Å². The molecular weight excluding hydrogens is 434 g/mol. The van der Waals surface area contributed by atoms with Crippen molar-refractivity contribution in [2.75, 3.05) is 0 Å². The summed E-state index contributed by atoms with van der Waals surface area (Å²) in [6.45, 7) is 7.53. The van der Waals surface area contributed by atoms with E-state index in [-0.39, 0.29) is 18.3 Å². The number of esters is 1. The van der Waals surface area contributed by atoms with Crippen LogP contribution in [-0.2, 0) is 22.6 Å². The van der Waals surface area contributed by atoms with Gasteiger partial charge in [-0.3, -0.25) is 0 Å². The highest BCUT2D eigenvalue weighted by Gasteiger charge is 2.28. The third-order valence-electron chi connectivity index (χ3n) is 5.61. The summed E-state index contributed by atoms with van der Waals surface area (Å²) in [6.07, 6.45) is 2.02. The number of benzene rings is 2. The first-order valence-electron chi connectivity index (χ1n) is 11.5. The summed E-state index contributed by atoms with van der Waals surface area (Å²) in [7, 11) is 0. The molecule has 7 nitrogen and oxygen atoms in total. The number of rotatable bonds is 9. The van der Waals surface area contributed by atoms with Crippen molar-refractivity contribution >= 4 is 23.0 Å². The molecule has 0 radical (unpaired) electrons. The molecule has 2 aromatic carbocycles. The van der Waals surface area contributed by atoms with Gasteiger partial charge in [-0.25, -0.2) is 14.4 Å². The van der Waals surface area contributed by atoms with Gasteiger partial charge in [-0.15, -0.1) is 0 Å². The number of nitrogens with one attached hydrogen (secondary N) is 1. The first kappa shape index (κ1) is 25.0. The number of alkyl carbamates (subject to hydrolysis) is 1. The van der Waals surface area contributed by atoms with E-state index in [4.69, 9.17) is 13.9 Å². The van der Waals surface area contributed by atoms with Gasteiger partial charge < -0.3 is 19.2 Å². The number of unbranched alkanes of at least 4 members (excludes halogenated alkanes) is 1. The number of fused-ring (bicyclic) bond motifs is 1. The second kappa shape index (κ2) is 11.5. The Morgan fingerprint density at radius 2 is 1.82 bits per heavy atom.